The molecule has 1 unspecified atom stereocenters. The molecule has 0 aliphatic carbocycles. The summed E-state index contributed by atoms with van der Waals surface area (Å²) in [4.78, 5) is 25.1. The SMILES string of the molecule is COc1ccc(NCCNC(=O)CC(CNC(=O)c2cccc(C)c2)OCc2ccccc2)cc1. The van der Waals surface area contributed by atoms with E-state index < -0.39 is 6.10 Å². The molecule has 0 bridgehead atoms. The van der Waals surface area contributed by atoms with E-state index in [2.05, 4.69) is 16.0 Å². The van der Waals surface area contributed by atoms with E-state index in [1.165, 1.54) is 0 Å². The van der Waals surface area contributed by atoms with Gasteiger partial charge in [-0.3, -0.25) is 9.59 Å². The van der Waals surface area contributed by atoms with E-state index in [1.807, 2.05) is 79.7 Å². The van der Waals surface area contributed by atoms with Gasteiger partial charge in [-0.25, -0.2) is 0 Å². The van der Waals surface area contributed by atoms with Crippen LogP contribution in [0.25, 0.3) is 0 Å². The van der Waals surface area contributed by atoms with Gasteiger partial charge in [0.2, 0.25) is 5.91 Å². The predicted octanol–water partition coefficient (Wildman–Crippen LogP) is 3.94. The van der Waals surface area contributed by atoms with Crippen molar-refractivity contribution in [3.8, 4) is 5.75 Å². The number of carbonyl (C=O) groups excluding carboxylic acids is 2. The van der Waals surface area contributed by atoms with Crippen LogP contribution in [-0.4, -0.2) is 44.7 Å². The fourth-order valence-corrected chi connectivity index (χ4v) is 3.47. The van der Waals surface area contributed by atoms with Crippen LogP contribution in [0.4, 0.5) is 5.69 Å². The zero-order valence-corrected chi connectivity index (χ0v) is 20.3. The lowest BCUT2D eigenvalue weighted by atomic mass is 10.1. The smallest absolute Gasteiger partial charge is 0.251 e. The standard InChI is InChI=1S/C28H33N3O4/c1-21-7-6-10-23(17-21)28(33)31-19-26(35-20-22-8-4-3-5-9-22)18-27(32)30-16-15-29-24-11-13-25(34-2)14-12-24/h3-14,17,26,29H,15-16,18-20H2,1-2H3,(H,30,32)(H,31,33). The molecule has 7 heteroatoms. The van der Waals surface area contributed by atoms with E-state index in [0.717, 1.165) is 22.6 Å². The second-order valence-electron chi connectivity index (χ2n) is 8.21. The van der Waals surface area contributed by atoms with Gasteiger partial charge in [0.25, 0.3) is 5.91 Å². The summed E-state index contributed by atoms with van der Waals surface area (Å²) in [6, 6.07) is 24.7. The van der Waals surface area contributed by atoms with Crippen LogP contribution in [-0.2, 0) is 16.1 Å². The Morgan fingerprint density at radius 1 is 0.886 bits per heavy atom. The molecule has 184 valence electrons. The number of carbonyl (C=O) groups is 2. The highest BCUT2D eigenvalue weighted by Crippen LogP contribution is 2.14. The molecular weight excluding hydrogens is 442 g/mol. The first-order valence-corrected chi connectivity index (χ1v) is 11.7. The minimum atomic E-state index is -0.460. The minimum Gasteiger partial charge on any atom is -0.497 e. The molecule has 0 heterocycles. The lowest BCUT2D eigenvalue weighted by molar-refractivity contribution is -0.124. The Balaban J connectivity index is 1.48. The molecule has 0 spiro atoms. The Bertz CT molecular complexity index is 1070. The number of amides is 2. The second kappa shape index (κ2) is 13.8. The van der Waals surface area contributed by atoms with Gasteiger partial charge in [-0.2, -0.15) is 0 Å². The Hall–Kier alpha value is -3.84. The van der Waals surface area contributed by atoms with Crippen LogP contribution in [0, 0.1) is 6.92 Å². The van der Waals surface area contributed by atoms with Crippen LogP contribution in [0.1, 0.15) is 27.9 Å². The molecule has 3 aromatic carbocycles. The normalized spacial score (nSPS) is 11.4. The third-order valence-electron chi connectivity index (χ3n) is 5.38. The molecule has 3 rings (SSSR count). The Morgan fingerprint density at radius 2 is 1.66 bits per heavy atom. The van der Waals surface area contributed by atoms with E-state index in [-0.39, 0.29) is 24.8 Å². The zero-order valence-electron chi connectivity index (χ0n) is 20.3. The van der Waals surface area contributed by atoms with E-state index >= 15 is 0 Å². The summed E-state index contributed by atoms with van der Waals surface area (Å²) in [5.41, 5.74) is 3.55. The van der Waals surface area contributed by atoms with Crippen LogP contribution in [0.15, 0.2) is 78.9 Å². The monoisotopic (exact) mass is 475 g/mol. The van der Waals surface area contributed by atoms with Crippen molar-refractivity contribution in [3.63, 3.8) is 0 Å². The van der Waals surface area contributed by atoms with Gasteiger partial charge in [-0.15, -0.1) is 0 Å². The van der Waals surface area contributed by atoms with Crippen LogP contribution < -0.4 is 20.7 Å². The molecule has 1 atom stereocenters. The van der Waals surface area contributed by atoms with E-state index in [4.69, 9.17) is 9.47 Å². The van der Waals surface area contributed by atoms with Crippen LogP contribution in [0.2, 0.25) is 0 Å². The number of nitrogens with one attached hydrogen (secondary N) is 3. The summed E-state index contributed by atoms with van der Waals surface area (Å²) < 4.78 is 11.2. The maximum Gasteiger partial charge on any atom is 0.251 e. The molecule has 0 fully saturated rings. The van der Waals surface area contributed by atoms with Gasteiger partial charge in [0, 0.05) is 30.9 Å². The number of hydrogen-bond donors (Lipinski definition) is 3. The average molecular weight is 476 g/mol. The summed E-state index contributed by atoms with van der Waals surface area (Å²) in [5.74, 6) is 0.468. The predicted molar refractivity (Wildman–Crippen MR) is 138 cm³/mol. The van der Waals surface area contributed by atoms with Gasteiger partial charge in [-0.05, 0) is 48.9 Å². The number of benzene rings is 3. The third kappa shape index (κ3) is 9.14. The Morgan fingerprint density at radius 3 is 2.37 bits per heavy atom. The van der Waals surface area contributed by atoms with Gasteiger partial charge in [0.05, 0.1) is 26.2 Å². The molecule has 0 aliphatic rings. The molecule has 7 nitrogen and oxygen atoms in total. The Labute approximate surface area is 206 Å². The largest absolute Gasteiger partial charge is 0.497 e. The van der Waals surface area contributed by atoms with Crippen molar-refractivity contribution in [2.75, 3.05) is 32.1 Å². The van der Waals surface area contributed by atoms with Gasteiger partial charge >= 0.3 is 0 Å². The number of hydrogen-bond acceptors (Lipinski definition) is 5. The molecule has 3 N–H and O–H groups in total. The highest BCUT2D eigenvalue weighted by atomic mass is 16.5. The van der Waals surface area contributed by atoms with Gasteiger partial charge in [-0.1, -0.05) is 48.0 Å². The molecule has 0 saturated carbocycles. The lowest BCUT2D eigenvalue weighted by Crippen LogP contribution is -2.38. The number of ether oxygens (including phenoxy) is 2. The van der Waals surface area contributed by atoms with E-state index in [1.54, 1.807) is 13.2 Å². The fraction of sp³-hybridized carbons (Fsp3) is 0.286. The van der Waals surface area contributed by atoms with Crippen molar-refractivity contribution in [2.45, 2.75) is 26.1 Å². The topological polar surface area (TPSA) is 88.7 Å². The molecule has 3 aromatic rings. The van der Waals surface area contributed by atoms with Gasteiger partial charge in [0.15, 0.2) is 0 Å². The van der Waals surface area contributed by atoms with Crippen LogP contribution >= 0.6 is 0 Å². The number of methoxy groups -OCH3 is 1. The van der Waals surface area contributed by atoms with Crippen molar-refractivity contribution >= 4 is 17.5 Å². The summed E-state index contributed by atoms with van der Waals surface area (Å²) >= 11 is 0. The molecule has 0 radical (unpaired) electrons. The fourth-order valence-electron chi connectivity index (χ4n) is 3.47. The van der Waals surface area contributed by atoms with Crippen LogP contribution in [0.5, 0.6) is 5.75 Å². The maximum absolute atomic E-state index is 12.6. The lowest BCUT2D eigenvalue weighted by Gasteiger charge is -2.19. The van der Waals surface area contributed by atoms with E-state index in [0.29, 0.717) is 25.3 Å². The van der Waals surface area contributed by atoms with Gasteiger partial charge in [0.1, 0.15) is 5.75 Å². The van der Waals surface area contributed by atoms with E-state index in [9.17, 15) is 9.59 Å². The second-order valence-corrected chi connectivity index (χ2v) is 8.21. The number of rotatable bonds is 13. The first kappa shape index (κ1) is 25.8. The molecule has 0 aromatic heterocycles. The van der Waals surface area contributed by atoms with Crippen molar-refractivity contribution < 1.29 is 19.1 Å². The molecule has 35 heavy (non-hydrogen) atoms. The molecule has 0 aliphatic heterocycles. The number of aryl methyl sites for hydroxylation is 1. The summed E-state index contributed by atoms with van der Waals surface area (Å²) in [7, 11) is 1.63. The highest BCUT2D eigenvalue weighted by molar-refractivity contribution is 5.94. The minimum absolute atomic E-state index is 0.135. The highest BCUT2D eigenvalue weighted by Gasteiger charge is 2.17. The first-order valence-electron chi connectivity index (χ1n) is 11.7. The van der Waals surface area contributed by atoms with Gasteiger partial charge < -0.3 is 25.4 Å². The van der Waals surface area contributed by atoms with Crippen molar-refractivity contribution in [3.05, 3.63) is 95.6 Å². The zero-order chi connectivity index (χ0) is 24.9. The molecular formula is C28H33N3O4. The van der Waals surface area contributed by atoms with Crippen molar-refractivity contribution in [1.82, 2.24) is 10.6 Å². The number of anilines is 1. The van der Waals surface area contributed by atoms with Crippen LogP contribution in [0.3, 0.4) is 0 Å². The van der Waals surface area contributed by atoms with Crippen molar-refractivity contribution in [1.29, 1.82) is 0 Å². The molecule has 0 saturated heterocycles. The van der Waals surface area contributed by atoms with Crippen molar-refractivity contribution in [2.24, 2.45) is 0 Å². The first-order chi connectivity index (χ1) is 17.0. The quantitative estimate of drug-likeness (QED) is 0.326. The summed E-state index contributed by atoms with van der Waals surface area (Å²) in [6.07, 6.45) is -0.317. The molecule has 2 amide bonds. The Kier molecular flexibility index (Phi) is 10.1. The summed E-state index contributed by atoms with van der Waals surface area (Å²) in [6.45, 7) is 3.58. The average Bonchev–Trinajstić information content (AvgIpc) is 2.89. The maximum atomic E-state index is 12.6. The summed E-state index contributed by atoms with van der Waals surface area (Å²) in [5, 5.41) is 9.07. The third-order valence-corrected chi connectivity index (χ3v) is 5.38.